The third-order valence-electron chi connectivity index (χ3n) is 4.27. The summed E-state index contributed by atoms with van der Waals surface area (Å²) in [4.78, 5) is 0. The zero-order chi connectivity index (χ0) is 13.8. The molecule has 3 rings (SSSR count). The van der Waals surface area contributed by atoms with E-state index < -0.39 is 0 Å². The number of para-hydroxylation sites is 1. The lowest BCUT2D eigenvalue weighted by Crippen LogP contribution is -2.31. The van der Waals surface area contributed by atoms with Gasteiger partial charge in [0.1, 0.15) is 0 Å². The molecule has 4 nitrogen and oxygen atoms in total. The first-order chi connectivity index (χ1) is 9.88. The van der Waals surface area contributed by atoms with Gasteiger partial charge in [0, 0.05) is 6.20 Å². The van der Waals surface area contributed by atoms with Gasteiger partial charge in [0.05, 0.1) is 17.4 Å². The first kappa shape index (κ1) is 13.3. The predicted octanol–water partition coefficient (Wildman–Crippen LogP) is 2.96. The molecule has 20 heavy (non-hydrogen) atoms. The molecule has 1 aromatic heterocycles. The van der Waals surface area contributed by atoms with Crippen LogP contribution in [0.5, 0.6) is 0 Å². The Morgan fingerprint density at radius 2 is 1.95 bits per heavy atom. The second-order valence-corrected chi connectivity index (χ2v) is 5.61. The molecule has 1 aliphatic carbocycles. The van der Waals surface area contributed by atoms with E-state index in [0.717, 1.165) is 23.7 Å². The van der Waals surface area contributed by atoms with Gasteiger partial charge in [0.15, 0.2) is 0 Å². The summed E-state index contributed by atoms with van der Waals surface area (Å²) in [7, 11) is 0. The van der Waals surface area contributed by atoms with Crippen LogP contribution in [0.3, 0.4) is 0 Å². The molecule has 1 heterocycles. The Morgan fingerprint density at radius 1 is 1.20 bits per heavy atom. The zero-order valence-electron chi connectivity index (χ0n) is 11.7. The molecule has 0 amide bonds. The molecular weight excluding hydrogens is 248 g/mol. The minimum absolute atomic E-state index is 0.167. The van der Waals surface area contributed by atoms with E-state index in [9.17, 15) is 0 Å². The van der Waals surface area contributed by atoms with Crippen molar-refractivity contribution in [2.45, 2.75) is 38.1 Å². The standard InChI is InChI=1S/C16H22N4/c17-19-15(12-13-6-4-5-7-13)16-10-11-18-20(16)14-8-2-1-3-9-14/h1-3,8-11,13,15,19H,4-7,12,17H2. The van der Waals surface area contributed by atoms with Crippen molar-refractivity contribution < 1.29 is 0 Å². The van der Waals surface area contributed by atoms with Crippen LogP contribution in [0.4, 0.5) is 0 Å². The third-order valence-corrected chi connectivity index (χ3v) is 4.27. The lowest BCUT2D eigenvalue weighted by Gasteiger charge is -2.21. The van der Waals surface area contributed by atoms with E-state index in [1.54, 1.807) is 0 Å². The average molecular weight is 270 g/mol. The van der Waals surface area contributed by atoms with Crippen molar-refractivity contribution in [1.29, 1.82) is 0 Å². The van der Waals surface area contributed by atoms with E-state index in [-0.39, 0.29) is 6.04 Å². The lowest BCUT2D eigenvalue weighted by atomic mass is 9.97. The molecule has 0 bridgehead atoms. The van der Waals surface area contributed by atoms with E-state index in [0.29, 0.717) is 0 Å². The lowest BCUT2D eigenvalue weighted by molar-refractivity contribution is 0.389. The van der Waals surface area contributed by atoms with Crippen LogP contribution in [0.25, 0.3) is 5.69 Å². The van der Waals surface area contributed by atoms with Gasteiger partial charge in [-0.05, 0) is 30.5 Å². The molecule has 0 radical (unpaired) electrons. The largest absolute Gasteiger partial charge is 0.271 e. The summed E-state index contributed by atoms with van der Waals surface area (Å²) in [5.41, 5.74) is 5.21. The number of benzene rings is 1. The molecule has 1 aliphatic rings. The highest BCUT2D eigenvalue weighted by Crippen LogP contribution is 2.33. The SMILES string of the molecule is NNC(CC1CCCC1)c1ccnn1-c1ccccc1. The molecule has 0 aliphatic heterocycles. The Balaban J connectivity index is 1.83. The maximum Gasteiger partial charge on any atom is 0.0649 e. The molecule has 3 N–H and O–H groups in total. The second kappa shape index (κ2) is 6.20. The van der Waals surface area contributed by atoms with Crippen LogP contribution in [-0.2, 0) is 0 Å². The van der Waals surface area contributed by atoms with Crippen molar-refractivity contribution in [3.8, 4) is 5.69 Å². The second-order valence-electron chi connectivity index (χ2n) is 5.61. The van der Waals surface area contributed by atoms with E-state index in [1.165, 1.54) is 25.7 Å². The van der Waals surface area contributed by atoms with Gasteiger partial charge in [-0.2, -0.15) is 5.10 Å². The molecule has 0 spiro atoms. The summed E-state index contributed by atoms with van der Waals surface area (Å²) in [6.07, 6.45) is 8.32. The van der Waals surface area contributed by atoms with Gasteiger partial charge in [0.2, 0.25) is 0 Å². The van der Waals surface area contributed by atoms with E-state index in [4.69, 9.17) is 5.84 Å². The quantitative estimate of drug-likeness (QED) is 0.648. The molecule has 1 fully saturated rings. The van der Waals surface area contributed by atoms with Crippen molar-refractivity contribution >= 4 is 0 Å². The highest BCUT2D eigenvalue weighted by molar-refractivity contribution is 5.33. The van der Waals surface area contributed by atoms with Gasteiger partial charge in [-0.25, -0.2) is 4.68 Å². The van der Waals surface area contributed by atoms with Crippen molar-refractivity contribution in [3.63, 3.8) is 0 Å². The van der Waals surface area contributed by atoms with Crippen molar-refractivity contribution in [1.82, 2.24) is 15.2 Å². The van der Waals surface area contributed by atoms with Crippen LogP contribution in [0.2, 0.25) is 0 Å². The van der Waals surface area contributed by atoms with Gasteiger partial charge in [-0.3, -0.25) is 11.3 Å². The Morgan fingerprint density at radius 3 is 2.65 bits per heavy atom. The average Bonchev–Trinajstić information content (AvgIpc) is 3.17. The van der Waals surface area contributed by atoms with Crippen LogP contribution < -0.4 is 11.3 Å². The number of nitrogens with one attached hydrogen (secondary N) is 1. The van der Waals surface area contributed by atoms with E-state index >= 15 is 0 Å². The fourth-order valence-corrected chi connectivity index (χ4v) is 3.22. The highest BCUT2D eigenvalue weighted by Gasteiger charge is 2.23. The van der Waals surface area contributed by atoms with Crippen molar-refractivity contribution in [3.05, 3.63) is 48.3 Å². The minimum Gasteiger partial charge on any atom is -0.271 e. The Bertz CT molecular complexity index is 528. The minimum atomic E-state index is 0.167. The van der Waals surface area contributed by atoms with Crippen LogP contribution in [0, 0.1) is 5.92 Å². The van der Waals surface area contributed by atoms with Crippen LogP contribution in [-0.4, -0.2) is 9.78 Å². The van der Waals surface area contributed by atoms with Crippen LogP contribution in [0.15, 0.2) is 42.6 Å². The number of hydrogen-bond donors (Lipinski definition) is 2. The van der Waals surface area contributed by atoms with Gasteiger partial charge in [-0.15, -0.1) is 0 Å². The normalized spacial score (nSPS) is 17.4. The Hall–Kier alpha value is -1.65. The number of nitrogens with zero attached hydrogens (tertiary/aromatic N) is 2. The van der Waals surface area contributed by atoms with Crippen LogP contribution >= 0.6 is 0 Å². The van der Waals surface area contributed by atoms with E-state index in [2.05, 4.69) is 28.7 Å². The molecule has 0 saturated heterocycles. The first-order valence-corrected chi connectivity index (χ1v) is 7.44. The monoisotopic (exact) mass is 270 g/mol. The molecule has 106 valence electrons. The summed E-state index contributed by atoms with van der Waals surface area (Å²) in [5.74, 6) is 6.59. The van der Waals surface area contributed by atoms with Gasteiger partial charge in [0.25, 0.3) is 0 Å². The number of rotatable bonds is 5. The fourth-order valence-electron chi connectivity index (χ4n) is 3.22. The van der Waals surface area contributed by atoms with Gasteiger partial charge in [-0.1, -0.05) is 43.9 Å². The molecule has 1 atom stereocenters. The number of aromatic nitrogens is 2. The van der Waals surface area contributed by atoms with Gasteiger partial charge < -0.3 is 0 Å². The fraction of sp³-hybridized carbons (Fsp3) is 0.438. The topological polar surface area (TPSA) is 55.9 Å². The highest BCUT2D eigenvalue weighted by atomic mass is 15.3. The molecule has 4 heteroatoms. The Labute approximate surface area is 120 Å². The van der Waals surface area contributed by atoms with Crippen molar-refractivity contribution in [2.75, 3.05) is 0 Å². The smallest absolute Gasteiger partial charge is 0.0649 e. The molecular formula is C16H22N4. The zero-order valence-corrected chi connectivity index (χ0v) is 11.7. The summed E-state index contributed by atoms with van der Waals surface area (Å²) in [6.45, 7) is 0. The number of nitrogens with two attached hydrogens (primary N) is 1. The summed E-state index contributed by atoms with van der Waals surface area (Å²) < 4.78 is 1.99. The molecule has 1 unspecified atom stereocenters. The maximum atomic E-state index is 5.80. The summed E-state index contributed by atoms with van der Waals surface area (Å²) >= 11 is 0. The number of hydrogen-bond acceptors (Lipinski definition) is 3. The predicted molar refractivity (Wildman–Crippen MR) is 80.2 cm³/mol. The maximum absolute atomic E-state index is 5.80. The third kappa shape index (κ3) is 2.76. The molecule has 1 aromatic carbocycles. The number of hydrazine groups is 1. The molecule has 1 saturated carbocycles. The molecule has 2 aromatic rings. The van der Waals surface area contributed by atoms with Crippen LogP contribution in [0.1, 0.15) is 43.8 Å². The first-order valence-electron chi connectivity index (χ1n) is 7.44. The Kier molecular flexibility index (Phi) is 4.14. The van der Waals surface area contributed by atoms with Crippen molar-refractivity contribution in [2.24, 2.45) is 11.8 Å². The van der Waals surface area contributed by atoms with E-state index in [1.807, 2.05) is 29.1 Å². The van der Waals surface area contributed by atoms with Gasteiger partial charge >= 0.3 is 0 Å². The summed E-state index contributed by atoms with van der Waals surface area (Å²) in [5, 5.41) is 4.45. The summed E-state index contributed by atoms with van der Waals surface area (Å²) in [6, 6.07) is 12.4.